The maximum Gasteiger partial charge on any atom is 0.0306 e. The van der Waals surface area contributed by atoms with Gasteiger partial charge in [-0.15, -0.1) is 0 Å². The van der Waals surface area contributed by atoms with Gasteiger partial charge in [0, 0.05) is 18.6 Å². The fraction of sp³-hybridized carbons (Fsp3) is 1.00. The molecule has 2 heteroatoms. The second-order valence-corrected chi connectivity index (χ2v) is 5.97. The molecule has 2 aliphatic rings. The molecule has 2 fully saturated rings. The van der Waals surface area contributed by atoms with Crippen LogP contribution >= 0.6 is 0 Å². The van der Waals surface area contributed by atoms with Crippen molar-refractivity contribution in [3.05, 3.63) is 0 Å². The van der Waals surface area contributed by atoms with E-state index in [1.54, 1.807) is 0 Å². The van der Waals surface area contributed by atoms with E-state index < -0.39 is 0 Å². The Bertz CT molecular complexity index is 203. The summed E-state index contributed by atoms with van der Waals surface area (Å²) in [5, 5.41) is 7.41. The Morgan fingerprint density at radius 2 is 2.00 bits per heavy atom. The topological polar surface area (TPSA) is 24.1 Å². The van der Waals surface area contributed by atoms with E-state index in [0.29, 0.717) is 11.0 Å². The summed E-state index contributed by atoms with van der Waals surface area (Å²) in [6.07, 6.45) is 8.20. The third kappa shape index (κ3) is 2.94. The predicted octanol–water partition coefficient (Wildman–Crippen LogP) is 2.30. The van der Waals surface area contributed by atoms with Crippen molar-refractivity contribution in [3.63, 3.8) is 0 Å². The molecule has 88 valence electrons. The van der Waals surface area contributed by atoms with Gasteiger partial charge < -0.3 is 10.6 Å². The van der Waals surface area contributed by atoms with Gasteiger partial charge in [0.15, 0.2) is 0 Å². The van der Waals surface area contributed by atoms with Crippen LogP contribution in [0.5, 0.6) is 0 Å². The van der Waals surface area contributed by atoms with Gasteiger partial charge in [-0.2, -0.15) is 0 Å². The summed E-state index contributed by atoms with van der Waals surface area (Å²) in [4.78, 5) is 0. The summed E-state index contributed by atoms with van der Waals surface area (Å²) >= 11 is 0. The maximum absolute atomic E-state index is 3.72. The smallest absolute Gasteiger partial charge is 0.0306 e. The lowest BCUT2D eigenvalue weighted by molar-refractivity contribution is 0.314. The zero-order chi connectivity index (χ0) is 10.8. The van der Waals surface area contributed by atoms with Crippen LogP contribution in [0, 0.1) is 5.41 Å². The van der Waals surface area contributed by atoms with Gasteiger partial charge in [0.1, 0.15) is 0 Å². The first kappa shape index (κ1) is 11.4. The van der Waals surface area contributed by atoms with Gasteiger partial charge in [-0.25, -0.2) is 0 Å². The summed E-state index contributed by atoms with van der Waals surface area (Å²) in [7, 11) is 0. The number of rotatable bonds is 6. The molecule has 2 rings (SSSR count). The monoisotopic (exact) mass is 210 g/mol. The lowest BCUT2D eigenvalue weighted by Crippen LogP contribution is -2.49. The lowest BCUT2D eigenvalue weighted by atomic mass is 9.91. The Morgan fingerprint density at radius 3 is 2.53 bits per heavy atom. The summed E-state index contributed by atoms with van der Waals surface area (Å²) in [5.74, 6) is 0. The first-order valence-electron chi connectivity index (χ1n) is 6.64. The fourth-order valence-electron chi connectivity index (χ4n) is 2.79. The molecule has 0 aromatic rings. The normalized spacial score (nSPS) is 33.2. The van der Waals surface area contributed by atoms with Gasteiger partial charge in [-0.1, -0.05) is 20.3 Å². The molecule has 0 aromatic carbocycles. The minimum Gasteiger partial charge on any atom is -0.314 e. The number of hydrogen-bond donors (Lipinski definition) is 2. The van der Waals surface area contributed by atoms with Crippen LogP contribution in [0.2, 0.25) is 0 Å². The molecule has 1 saturated carbocycles. The molecule has 1 saturated heterocycles. The van der Waals surface area contributed by atoms with Crippen molar-refractivity contribution in [2.75, 3.05) is 19.6 Å². The van der Waals surface area contributed by atoms with Crippen LogP contribution in [0.15, 0.2) is 0 Å². The summed E-state index contributed by atoms with van der Waals surface area (Å²) < 4.78 is 0. The van der Waals surface area contributed by atoms with Crippen molar-refractivity contribution in [2.45, 2.75) is 57.9 Å². The number of nitrogens with one attached hydrogen (secondary N) is 2. The Balaban J connectivity index is 1.74. The van der Waals surface area contributed by atoms with Crippen molar-refractivity contribution in [1.82, 2.24) is 10.6 Å². The van der Waals surface area contributed by atoms with Crippen LogP contribution in [0.1, 0.15) is 52.4 Å². The van der Waals surface area contributed by atoms with Crippen LogP contribution in [-0.4, -0.2) is 25.2 Å². The minimum atomic E-state index is 0.431. The molecule has 2 N–H and O–H groups in total. The van der Waals surface area contributed by atoms with E-state index in [1.807, 2.05) is 0 Å². The molecule has 2 nitrogen and oxygen atoms in total. The SMILES string of the molecule is CCCC1(CNCC2(C)CC2)CCCN1. The zero-order valence-electron chi connectivity index (χ0n) is 10.4. The quantitative estimate of drug-likeness (QED) is 0.703. The van der Waals surface area contributed by atoms with Gasteiger partial charge in [-0.05, 0) is 44.1 Å². The highest BCUT2D eigenvalue weighted by atomic mass is 15.1. The maximum atomic E-state index is 3.72. The third-order valence-corrected chi connectivity index (χ3v) is 4.18. The van der Waals surface area contributed by atoms with E-state index >= 15 is 0 Å². The molecule has 1 unspecified atom stereocenters. The molecule has 1 atom stereocenters. The largest absolute Gasteiger partial charge is 0.314 e. The molecule has 0 aromatic heterocycles. The standard InChI is InChI=1S/C13H26N2/c1-3-5-13(6-4-9-15-13)11-14-10-12(2)7-8-12/h14-15H,3-11H2,1-2H3. The van der Waals surface area contributed by atoms with Gasteiger partial charge in [0.05, 0.1) is 0 Å². The first-order chi connectivity index (χ1) is 7.18. The van der Waals surface area contributed by atoms with Gasteiger partial charge in [-0.3, -0.25) is 0 Å². The van der Waals surface area contributed by atoms with Crippen LogP contribution in [0.25, 0.3) is 0 Å². The van der Waals surface area contributed by atoms with Crippen molar-refractivity contribution < 1.29 is 0 Å². The van der Waals surface area contributed by atoms with Crippen LogP contribution < -0.4 is 10.6 Å². The van der Waals surface area contributed by atoms with Gasteiger partial charge >= 0.3 is 0 Å². The van der Waals surface area contributed by atoms with Crippen molar-refractivity contribution >= 4 is 0 Å². The third-order valence-electron chi connectivity index (χ3n) is 4.18. The molecular formula is C13H26N2. The molecule has 0 bridgehead atoms. The molecule has 0 spiro atoms. The molecule has 1 aliphatic carbocycles. The number of hydrogen-bond acceptors (Lipinski definition) is 2. The van der Waals surface area contributed by atoms with Crippen LogP contribution in [-0.2, 0) is 0 Å². The lowest BCUT2D eigenvalue weighted by Gasteiger charge is -2.30. The van der Waals surface area contributed by atoms with E-state index in [4.69, 9.17) is 0 Å². The predicted molar refractivity (Wildman–Crippen MR) is 65.1 cm³/mol. The molecule has 1 heterocycles. The molecule has 1 aliphatic heterocycles. The highest BCUT2D eigenvalue weighted by Gasteiger charge is 2.38. The summed E-state index contributed by atoms with van der Waals surface area (Å²) in [6, 6.07) is 0. The van der Waals surface area contributed by atoms with E-state index in [9.17, 15) is 0 Å². The van der Waals surface area contributed by atoms with Crippen molar-refractivity contribution in [3.8, 4) is 0 Å². The molecule has 0 amide bonds. The van der Waals surface area contributed by atoms with Crippen LogP contribution in [0.4, 0.5) is 0 Å². The van der Waals surface area contributed by atoms with Gasteiger partial charge in [0.25, 0.3) is 0 Å². The second kappa shape index (κ2) is 4.42. The molecule has 0 radical (unpaired) electrons. The van der Waals surface area contributed by atoms with Crippen molar-refractivity contribution in [2.24, 2.45) is 5.41 Å². The summed E-state index contributed by atoms with van der Waals surface area (Å²) in [6.45, 7) is 8.31. The molecular weight excluding hydrogens is 184 g/mol. The first-order valence-corrected chi connectivity index (χ1v) is 6.64. The Hall–Kier alpha value is -0.0800. The van der Waals surface area contributed by atoms with Crippen molar-refractivity contribution in [1.29, 1.82) is 0 Å². The van der Waals surface area contributed by atoms with E-state index in [1.165, 1.54) is 58.2 Å². The average molecular weight is 210 g/mol. The summed E-state index contributed by atoms with van der Waals surface area (Å²) in [5.41, 5.74) is 1.08. The average Bonchev–Trinajstić information content (AvgIpc) is 2.77. The Labute approximate surface area is 94.2 Å². The zero-order valence-corrected chi connectivity index (χ0v) is 10.4. The van der Waals surface area contributed by atoms with E-state index in [0.717, 1.165) is 0 Å². The molecule has 15 heavy (non-hydrogen) atoms. The highest BCUT2D eigenvalue weighted by Crippen LogP contribution is 2.44. The second-order valence-electron chi connectivity index (χ2n) is 5.97. The Kier molecular flexibility index (Phi) is 3.36. The fourth-order valence-corrected chi connectivity index (χ4v) is 2.79. The van der Waals surface area contributed by atoms with Crippen LogP contribution in [0.3, 0.4) is 0 Å². The van der Waals surface area contributed by atoms with E-state index in [-0.39, 0.29) is 0 Å². The Morgan fingerprint density at radius 1 is 1.20 bits per heavy atom. The van der Waals surface area contributed by atoms with E-state index in [2.05, 4.69) is 24.5 Å². The minimum absolute atomic E-state index is 0.431. The highest BCUT2D eigenvalue weighted by molar-refractivity contribution is 4.96. The van der Waals surface area contributed by atoms with Gasteiger partial charge in [0.2, 0.25) is 0 Å².